The minimum Gasteiger partial charge on any atom is -0.381 e. The van der Waals surface area contributed by atoms with E-state index >= 15 is 0 Å². The van der Waals surface area contributed by atoms with Gasteiger partial charge in [0.25, 0.3) is 5.91 Å². The van der Waals surface area contributed by atoms with E-state index in [0.29, 0.717) is 11.5 Å². The summed E-state index contributed by atoms with van der Waals surface area (Å²) in [5, 5.41) is 3.14. The molecular weight excluding hydrogens is 280 g/mol. The monoisotopic (exact) mass is 300 g/mol. The summed E-state index contributed by atoms with van der Waals surface area (Å²) >= 11 is 0. The van der Waals surface area contributed by atoms with Crippen LogP contribution in [0.5, 0.6) is 0 Å². The number of aryl methyl sites for hydroxylation is 1. The van der Waals surface area contributed by atoms with Crippen LogP contribution in [0.3, 0.4) is 0 Å². The molecule has 116 valence electrons. The molecule has 3 heterocycles. The van der Waals surface area contributed by atoms with Crippen molar-refractivity contribution in [3.8, 4) is 0 Å². The third-order valence-corrected chi connectivity index (χ3v) is 4.10. The van der Waals surface area contributed by atoms with Crippen LogP contribution in [-0.4, -0.2) is 33.7 Å². The zero-order valence-corrected chi connectivity index (χ0v) is 12.6. The van der Waals surface area contributed by atoms with Crippen LogP contribution in [-0.2, 0) is 11.8 Å². The molecule has 22 heavy (non-hydrogen) atoms. The van der Waals surface area contributed by atoms with Crippen molar-refractivity contribution in [1.82, 2.24) is 19.9 Å². The quantitative estimate of drug-likeness (QED) is 0.933. The fourth-order valence-electron chi connectivity index (χ4n) is 2.85. The molecule has 0 aliphatic carbocycles. The van der Waals surface area contributed by atoms with E-state index in [-0.39, 0.29) is 11.9 Å². The van der Waals surface area contributed by atoms with Crippen LogP contribution in [0.15, 0.2) is 36.9 Å². The average Bonchev–Trinajstić information content (AvgIpc) is 3.00. The lowest BCUT2D eigenvalue weighted by molar-refractivity contribution is 0.0499. The molecule has 0 spiro atoms. The second-order valence-electron chi connectivity index (χ2n) is 5.53. The highest BCUT2D eigenvalue weighted by molar-refractivity contribution is 5.94. The summed E-state index contributed by atoms with van der Waals surface area (Å²) in [6, 6.07) is 3.33. The Kier molecular flexibility index (Phi) is 4.48. The average molecular weight is 300 g/mol. The Labute approximate surface area is 129 Å². The second kappa shape index (κ2) is 6.70. The molecule has 0 bridgehead atoms. The number of rotatable bonds is 4. The summed E-state index contributed by atoms with van der Waals surface area (Å²) in [5.74, 6) is 1.12. The van der Waals surface area contributed by atoms with Gasteiger partial charge in [-0.1, -0.05) is 0 Å². The molecule has 1 aliphatic rings. The zero-order chi connectivity index (χ0) is 15.4. The lowest BCUT2D eigenvalue weighted by Gasteiger charge is -2.30. The van der Waals surface area contributed by atoms with Crippen LogP contribution in [0.25, 0.3) is 0 Å². The maximum Gasteiger partial charge on any atom is 0.251 e. The van der Waals surface area contributed by atoms with Crippen molar-refractivity contribution < 1.29 is 9.53 Å². The van der Waals surface area contributed by atoms with Crippen LogP contribution in [0.1, 0.15) is 35.1 Å². The van der Waals surface area contributed by atoms with Gasteiger partial charge in [-0.15, -0.1) is 0 Å². The number of carbonyl (C=O) groups is 1. The number of ether oxygens (including phenoxy) is 1. The fourth-order valence-corrected chi connectivity index (χ4v) is 2.85. The Hall–Kier alpha value is -2.21. The number of hydrogen-bond donors (Lipinski definition) is 1. The molecule has 1 fully saturated rings. The van der Waals surface area contributed by atoms with Gasteiger partial charge in [0.05, 0.1) is 6.04 Å². The smallest absolute Gasteiger partial charge is 0.251 e. The number of pyridine rings is 1. The molecule has 6 nitrogen and oxygen atoms in total. The molecule has 6 heteroatoms. The zero-order valence-electron chi connectivity index (χ0n) is 12.6. The van der Waals surface area contributed by atoms with E-state index < -0.39 is 0 Å². The molecule has 1 atom stereocenters. The lowest BCUT2D eigenvalue weighted by atomic mass is 9.91. The number of aromatic nitrogens is 3. The summed E-state index contributed by atoms with van der Waals surface area (Å²) in [7, 11) is 1.95. The van der Waals surface area contributed by atoms with Crippen LogP contribution in [0.4, 0.5) is 0 Å². The Balaban J connectivity index is 1.82. The van der Waals surface area contributed by atoms with Gasteiger partial charge in [0.1, 0.15) is 5.82 Å². The highest BCUT2D eigenvalue weighted by atomic mass is 16.5. The van der Waals surface area contributed by atoms with Gasteiger partial charge in [-0.3, -0.25) is 9.78 Å². The molecule has 1 saturated heterocycles. The Morgan fingerprint density at radius 3 is 2.68 bits per heavy atom. The minimum absolute atomic E-state index is 0.0955. The Bertz CT molecular complexity index is 620. The van der Waals surface area contributed by atoms with E-state index in [1.807, 2.05) is 17.8 Å². The number of hydrogen-bond acceptors (Lipinski definition) is 4. The van der Waals surface area contributed by atoms with Gasteiger partial charge in [0.2, 0.25) is 0 Å². The Morgan fingerprint density at radius 1 is 1.32 bits per heavy atom. The summed E-state index contributed by atoms with van der Waals surface area (Å²) in [5.41, 5.74) is 0.612. The van der Waals surface area contributed by atoms with Crippen molar-refractivity contribution in [2.24, 2.45) is 13.0 Å². The van der Waals surface area contributed by atoms with Gasteiger partial charge in [0.15, 0.2) is 0 Å². The van der Waals surface area contributed by atoms with E-state index in [1.165, 1.54) is 0 Å². The summed E-state index contributed by atoms with van der Waals surface area (Å²) in [6.07, 6.45) is 8.76. The molecular formula is C16H20N4O2. The van der Waals surface area contributed by atoms with E-state index in [2.05, 4.69) is 15.3 Å². The van der Waals surface area contributed by atoms with Crippen LogP contribution in [0, 0.1) is 5.92 Å². The van der Waals surface area contributed by atoms with E-state index in [9.17, 15) is 4.79 Å². The summed E-state index contributed by atoms with van der Waals surface area (Å²) in [6.45, 7) is 1.47. The van der Waals surface area contributed by atoms with Crippen LogP contribution in [0.2, 0.25) is 0 Å². The van der Waals surface area contributed by atoms with E-state index in [4.69, 9.17) is 4.74 Å². The number of imidazole rings is 1. The van der Waals surface area contributed by atoms with Crippen molar-refractivity contribution in [2.45, 2.75) is 18.9 Å². The van der Waals surface area contributed by atoms with Crippen molar-refractivity contribution in [3.63, 3.8) is 0 Å². The molecule has 3 rings (SSSR count). The molecule has 1 amide bonds. The number of carbonyl (C=O) groups excluding carboxylic acids is 1. The van der Waals surface area contributed by atoms with Crippen molar-refractivity contribution >= 4 is 5.91 Å². The maximum absolute atomic E-state index is 12.5. The molecule has 2 aromatic rings. The van der Waals surface area contributed by atoms with Gasteiger partial charge in [0, 0.05) is 50.6 Å². The highest BCUT2D eigenvalue weighted by Gasteiger charge is 2.29. The molecule has 0 saturated carbocycles. The standard InChI is InChI=1S/C16H20N4O2/c1-20-9-8-18-15(20)14(12-4-10-22-11-5-12)19-16(21)13-2-6-17-7-3-13/h2-3,6-9,12,14H,4-5,10-11H2,1H3,(H,19,21). The first-order valence-electron chi connectivity index (χ1n) is 7.51. The first kappa shape index (κ1) is 14.7. The SMILES string of the molecule is Cn1ccnc1C(NC(=O)c1ccncc1)C1CCOCC1. The number of nitrogens with one attached hydrogen (secondary N) is 1. The molecule has 0 aromatic carbocycles. The minimum atomic E-state index is -0.107. The first-order valence-corrected chi connectivity index (χ1v) is 7.51. The topological polar surface area (TPSA) is 69.0 Å². The lowest BCUT2D eigenvalue weighted by Crippen LogP contribution is -2.37. The summed E-state index contributed by atoms with van der Waals surface area (Å²) in [4.78, 5) is 20.9. The predicted octanol–water partition coefficient (Wildman–Crippen LogP) is 1.71. The summed E-state index contributed by atoms with van der Waals surface area (Å²) < 4.78 is 7.40. The van der Waals surface area contributed by atoms with Crippen molar-refractivity contribution in [3.05, 3.63) is 48.3 Å². The predicted molar refractivity (Wildman–Crippen MR) is 81.2 cm³/mol. The van der Waals surface area contributed by atoms with E-state index in [0.717, 1.165) is 31.9 Å². The van der Waals surface area contributed by atoms with Gasteiger partial charge >= 0.3 is 0 Å². The highest BCUT2D eigenvalue weighted by Crippen LogP contribution is 2.29. The molecule has 1 unspecified atom stereocenters. The van der Waals surface area contributed by atoms with Gasteiger partial charge in [-0.25, -0.2) is 4.98 Å². The van der Waals surface area contributed by atoms with Gasteiger partial charge in [-0.05, 0) is 30.9 Å². The Morgan fingerprint density at radius 2 is 2.05 bits per heavy atom. The van der Waals surface area contributed by atoms with Gasteiger partial charge in [-0.2, -0.15) is 0 Å². The normalized spacial score (nSPS) is 17.1. The largest absolute Gasteiger partial charge is 0.381 e. The number of nitrogens with zero attached hydrogens (tertiary/aromatic N) is 3. The first-order chi connectivity index (χ1) is 10.8. The molecule has 0 radical (unpaired) electrons. The van der Waals surface area contributed by atoms with Crippen LogP contribution < -0.4 is 5.32 Å². The molecule has 2 aromatic heterocycles. The molecule has 1 N–H and O–H groups in total. The maximum atomic E-state index is 12.5. The van der Waals surface area contributed by atoms with Crippen LogP contribution >= 0.6 is 0 Å². The third-order valence-electron chi connectivity index (χ3n) is 4.10. The van der Waals surface area contributed by atoms with Crippen molar-refractivity contribution in [1.29, 1.82) is 0 Å². The fraction of sp³-hybridized carbons (Fsp3) is 0.438. The third kappa shape index (κ3) is 3.17. The van der Waals surface area contributed by atoms with Gasteiger partial charge < -0.3 is 14.6 Å². The van der Waals surface area contributed by atoms with Crippen molar-refractivity contribution in [2.75, 3.05) is 13.2 Å². The number of amides is 1. The second-order valence-corrected chi connectivity index (χ2v) is 5.53. The van der Waals surface area contributed by atoms with E-state index in [1.54, 1.807) is 30.7 Å². The molecule has 1 aliphatic heterocycles.